The number of benzene rings is 3. The van der Waals surface area contributed by atoms with E-state index in [-0.39, 0.29) is 11.9 Å². The monoisotopic (exact) mass is 605 g/mol. The van der Waals surface area contributed by atoms with Gasteiger partial charge in [-0.15, -0.1) is 0 Å². The smallest absolute Gasteiger partial charge is 0.353 e. The number of hydrogen-bond acceptors (Lipinski definition) is 3. The number of unbranched alkanes of at least 4 members (excludes halogenated alkanes) is 2. The maximum atomic E-state index is 13.7. The lowest BCUT2D eigenvalue weighted by molar-refractivity contribution is -0.141. The van der Waals surface area contributed by atoms with Gasteiger partial charge in [-0.2, -0.15) is 13.2 Å². The van der Waals surface area contributed by atoms with E-state index >= 15 is 0 Å². The molecule has 0 saturated carbocycles. The number of nitrogens with one attached hydrogen (secondary N) is 2. The second-order valence-electron chi connectivity index (χ2n) is 12.1. The number of rotatable bonds is 13. The Hall–Kier alpha value is -3.65. The number of fused-ring (bicyclic) bond motifs is 3. The van der Waals surface area contributed by atoms with E-state index in [0.717, 1.165) is 80.4 Å². The van der Waals surface area contributed by atoms with Gasteiger partial charge in [0, 0.05) is 25.6 Å². The van der Waals surface area contributed by atoms with Crippen molar-refractivity contribution in [1.29, 1.82) is 0 Å². The number of piperidine rings is 1. The molecule has 1 aliphatic carbocycles. The highest BCUT2D eigenvalue weighted by molar-refractivity contribution is 6.00. The standard InChI is InChI=1S/C36H42F3N3O2/c37-36(38,39)26-40-34(44)35(31-17-7-5-15-29(31)30-16-6-8-18-32(30)35)22-10-11-23-42-24-20-28(21-25-42)41-33(43)19-9-4-14-27-12-2-1-3-13-27/h1-3,5-8,12-13,15-18,28H,4,9-11,14,19-26H2,(H,40,44)(H,41,43). The van der Waals surface area contributed by atoms with Crippen molar-refractivity contribution in [1.82, 2.24) is 15.5 Å². The van der Waals surface area contributed by atoms with Crippen molar-refractivity contribution >= 4 is 11.8 Å². The van der Waals surface area contributed by atoms with Crippen molar-refractivity contribution in [3.63, 3.8) is 0 Å². The lowest BCUT2D eigenvalue weighted by atomic mass is 9.73. The highest BCUT2D eigenvalue weighted by atomic mass is 19.4. The molecule has 3 aromatic rings. The minimum Gasteiger partial charge on any atom is -0.353 e. The molecule has 0 radical (unpaired) electrons. The first-order valence-electron chi connectivity index (χ1n) is 15.9. The van der Waals surface area contributed by atoms with Crippen LogP contribution >= 0.6 is 0 Å². The number of amides is 2. The Kier molecular flexibility index (Phi) is 10.4. The molecular weight excluding hydrogens is 563 g/mol. The number of alkyl halides is 3. The lowest BCUT2D eigenvalue weighted by Gasteiger charge is -2.33. The van der Waals surface area contributed by atoms with E-state index in [1.54, 1.807) is 0 Å². The molecule has 0 bridgehead atoms. The van der Waals surface area contributed by atoms with E-state index in [2.05, 4.69) is 27.7 Å². The largest absolute Gasteiger partial charge is 0.405 e. The Morgan fingerprint density at radius 2 is 1.41 bits per heavy atom. The summed E-state index contributed by atoms with van der Waals surface area (Å²) >= 11 is 0. The molecule has 2 amide bonds. The molecule has 0 unspecified atom stereocenters. The highest BCUT2D eigenvalue weighted by Crippen LogP contribution is 2.51. The van der Waals surface area contributed by atoms with Crippen LogP contribution in [-0.4, -0.2) is 55.1 Å². The maximum Gasteiger partial charge on any atom is 0.405 e. The Balaban J connectivity index is 1.10. The molecule has 0 spiro atoms. The zero-order valence-electron chi connectivity index (χ0n) is 25.2. The van der Waals surface area contributed by atoms with Crippen molar-refractivity contribution in [3.8, 4) is 11.1 Å². The summed E-state index contributed by atoms with van der Waals surface area (Å²) in [6.07, 6.45) is 2.70. The number of carbonyl (C=O) groups is 2. The zero-order valence-corrected chi connectivity index (χ0v) is 25.2. The minimum atomic E-state index is -4.48. The third-order valence-corrected chi connectivity index (χ3v) is 9.09. The Morgan fingerprint density at radius 1 is 0.795 bits per heavy atom. The van der Waals surface area contributed by atoms with Crippen molar-refractivity contribution in [2.45, 2.75) is 75.4 Å². The number of likely N-dealkylation sites (tertiary alicyclic amines) is 1. The summed E-state index contributed by atoms with van der Waals surface area (Å²) in [6.45, 7) is 1.28. The fourth-order valence-corrected chi connectivity index (χ4v) is 6.87. The molecule has 2 aliphatic rings. The number of aryl methyl sites for hydroxylation is 1. The van der Waals surface area contributed by atoms with Crippen LogP contribution in [0.2, 0.25) is 0 Å². The second kappa shape index (κ2) is 14.4. The third-order valence-electron chi connectivity index (χ3n) is 9.09. The van der Waals surface area contributed by atoms with Crippen LogP contribution in [0.25, 0.3) is 11.1 Å². The molecule has 2 N–H and O–H groups in total. The Morgan fingerprint density at radius 3 is 2.05 bits per heavy atom. The van der Waals surface area contributed by atoms with Crippen LogP contribution in [0, 0.1) is 0 Å². The van der Waals surface area contributed by atoms with E-state index < -0.39 is 24.0 Å². The van der Waals surface area contributed by atoms with Crippen molar-refractivity contribution in [2.24, 2.45) is 0 Å². The predicted molar refractivity (Wildman–Crippen MR) is 167 cm³/mol. The van der Waals surface area contributed by atoms with Gasteiger partial charge in [0.2, 0.25) is 11.8 Å². The molecule has 3 aromatic carbocycles. The summed E-state index contributed by atoms with van der Waals surface area (Å²) in [4.78, 5) is 28.5. The van der Waals surface area contributed by atoms with Gasteiger partial charge in [0.25, 0.3) is 0 Å². The van der Waals surface area contributed by atoms with Gasteiger partial charge in [-0.25, -0.2) is 0 Å². The number of nitrogens with zero attached hydrogens (tertiary/aromatic N) is 1. The number of carbonyl (C=O) groups excluding carboxylic acids is 2. The van der Waals surface area contributed by atoms with E-state index in [0.29, 0.717) is 19.3 Å². The van der Waals surface area contributed by atoms with Gasteiger partial charge in [-0.05, 0) is 79.3 Å². The van der Waals surface area contributed by atoms with Gasteiger partial charge in [0.1, 0.15) is 12.0 Å². The lowest BCUT2D eigenvalue weighted by Crippen LogP contribution is -2.47. The summed E-state index contributed by atoms with van der Waals surface area (Å²) < 4.78 is 39.3. The van der Waals surface area contributed by atoms with Gasteiger partial charge >= 0.3 is 6.18 Å². The van der Waals surface area contributed by atoms with Crippen LogP contribution in [0.5, 0.6) is 0 Å². The SMILES string of the molecule is O=C(CCCCc1ccccc1)NC1CCN(CCCCC2(C(=O)NCC(F)(F)F)c3ccccc3-c3ccccc32)CC1. The first-order valence-corrected chi connectivity index (χ1v) is 15.9. The fraction of sp³-hybridized carbons (Fsp3) is 0.444. The Bertz CT molecular complexity index is 1360. The molecule has 234 valence electrons. The zero-order chi connectivity index (χ0) is 31.0. The van der Waals surface area contributed by atoms with Crippen LogP contribution in [-0.2, 0) is 21.4 Å². The maximum absolute atomic E-state index is 13.7. The Labute approximate surface area is 258 Å². The van der Waals surface area contributed by atoms with E-state index in [4.69, 9.17) is 0 Å². The van der Waals surface area contributed by atoms with Crippen molar-refractivity contribution in [2.75, 3.05) is 26.2 Å². The molecule has 1 saturated heterocycles. The molecule has 44 heavy (non-hydrogen) atoms. The number of halogens is 3. The summed E-state index contributed by atoms with van der Waals surface area (Å²) in [5, 5.41) is 5.42. The van der Waals surface area contributed by atoms with Crippen LogP contribution in [0.3, 0.4) is 0 Å². The second-order valence-corrected chi connectivity index (χ2v) is 12.1. The molecular formula is C36H42F3N3O2. The summed E-state index contributed by atoms with van der Waals surface area (Å²) in [7, 11) is 0. The molecule has 1 fully saturated rings. The van der Waals surface area contributed by atoms with Gasteiger partial charge in [-0.3, -0.25) is 9.59 Å². The molecule has 5 nitrogen and oxygen atoms in total. The van der Waals surface area contributed by atoms with Crippen molar-refractivity contribution in [3.05, 3.63) is 95.6 Å². The van der Waals surface area contributed by atoms with Gasteiger partial charge in [-0.1, -0.05) is 85.3 Å². The molecule has 0 atom stereocenters. The summed E-state index contributed by atoms with van der Waals surface area (Å²) in [5.41, 5.74) is 3.51. The van der Waals surface area contributed by atoms with Crippen LogP contribution in [0.15, 0.2) is 78.9 Å². The van der Waals surface area contributed by atoms with E-state index in [1.165, 1.54) is 5.56 Å². The topological polar surface area (TPSA) is 61.4 Å². The number of hydrogen-bond donors (Lipinski definition) is 2. The molecule has 1 heterocycles. The van der Waals surface area contributed by atoms with Crippen LogP contribution < -0.4 is 10.6 Å². The molecule has 0 aromatic heterocycles. The highest BCUT2D eigenvalue weighted by Gasteiger charge is 2.49. The van der Waals surface area contributed by atoms with Crippen LogP contribution in [0.4, 0.5) is 13.2 Å². The van der Waals surface area contributed by atoms with E-state index in [9.17, 15) is 22.8 Å². The summed E-state index contributed by atoms with van der Waals surface area (Å²) in [6, 6.07) is 25.7. The fourth-order valence-electron chi connectivity index (χ4n) is 6.87. The predicted octanol–water partition coefficient (Wildman–Crippen LogP) is 6.80. The van der Waals surface area contributed by atoms with Gasteiger partial charge in [0.05, 0.1) is 0 Å². The first kappa shape index (κ1) is 31.8. The van der Waals surface area contributed by atoms with E-state index in [1.807, 2.05) is 66.7 Å². The quantitative estimate of drug-likeness (QED) is 0.211. The van der Waals surface area contributed by atoms with Gasteiger partial charge in [0.15, 0.2) is 0 Å². The third kappa shape index (κ3) is 7.70. The minimum absolute atomic E-state index is 0.128. The molecule has 8 heteroatoms. The molecule has 1 aliphatic heterocycles. The molecule has 5 rings (SSSR count). The van der Waals surface area contributed by atoms with Crippen molar-refractivity contribution < 1.29 is 22.8 Å². The van der Waals surface area contributed by atoms with Crippen LogP contribution in [0.1, 0.15) is 68.1 Å². The average molecular weight is 606 g/mol. The average Bonchev–Trinajstić information content (AvgIpc) is 3.32. The summed E-state index contributed by atoms with van der Waals surface area (Å²) in [5.74, 6) is -0.466. The first-order chi connectivity index (χ1) is 21.3. The normalized spacial score (nSPS) is 16.2. The van der Waals surface area contributed by atoms with Gasteiger partial charge < -0.3 is 15.5 Å².